The number of aromatic nitrogens is 1. The number of hydrogen-bond donors (Lipinski definition) is 0. The summed E-state index contributed by atoms with van der Waals surface area (Å²) in [5, 5.41) is 0.996. The van der Waals surface area contributed by atoms with Gasteiger partial charge in [0, 0.05) is 11.6 Å². The molecule has 0 amide bonds. The van der Waals surface area contributed by atoms with E-state index in [1.54, 1.807) is 6.20 Å². The van der Waals surface area contributed by atoms with Crippen LogP contribution in [0.4, 0.5) is 4.39 Å². The predicted molar refractivity (Wildman–Crippen MR) is 53.2 cm³/mol. The lowest BCUT2D eigenvalue weighted by Gasteiger charge is -1.99. The molecule has 0 saturated heterocycles. The van der Waals surface area contributed by atoms with Crippen molar-refractivity contribution < 1.29 is 4.39 Å². The number of benzene rings is 1. The zero-order chi connectivity index (χ0) is 9.26. The summed E-state index contributed by atoms with van der Waals surface area (Å²) in [4.78, 5) is 0. The van der Waals surface area contributed by atoms with E-state index in [2.05, 4.69) is 0 Å². The Kier molecular flexibility index (Phi) is 2.07. The van der Waals surface area contributed by atoms with Crippen LogP contribution in [0, 0.1) is 0 Å². The largest absolute Gasteiger partial charge is 0.292 e. The topological polar surface area (TPSA) is 4.93 Å². The molecule has 1 aromatic heterocycles. The zero-order valence-electron chi connectivity index (χ0n) is 6.74. The molecule has 0 atom stereocenters. The first-order chi connectivity index (χ1) is 6.33. The third kappa shape index (κ3) is 1.33. The van der Waals surface area contributed by atoms with Crippen molar-refractivity contribution in [3.63, 3.8) is 0 Å². The van der Waals surface area contributed by atoms with Crippen LogP contribution in [-0.2, 0) is 0 Å². The van der Waals surface area contributed by atoms with E-state index >= 15 is 0 Å². The fraction of sp³-hybridized carbons (Fsp3) is 0. The van der Waals surface area contributed by atoms with E-state index < -0.39 is 5.95 Å². The van der Waals surface area contributed by atoms with E-state index in [1.807, 2.05) is 30.3 Å². The first kappa shape index (κ1) is 8.32. The number of nitrogens with zero attached hydrogens (tertiary/aromatic N) is 1. The number of halogens is 2. The molecule has 0 aliphatic rings. The first-order valence-electron chi connectivity index (χ1n) is 3.85. The monoisotopic (exact) mass is 195 g/mol. The van der Waals surface area contributed by atoms with Crippen molar-refractivity contribution in [3.8, 4) is 0 Å². The molecule has 1 nitrogen and oxygen atoms in total. The minimum absolute atomic E-state index is 0.470. The van der Waals surface area contributed by atoms with Crippen LogP contribution >= 0.6 is 11.6 Å². The van der Waals surface area contributed by atoms with E-state index in [1.165, 1.54) is 4.57 Å². The van der Waals surface area contributed by atoms with Crippen LogP contribution < -0.4 is 0 Å². The lowest BCUT2D eigenvalue weighted by atomic mass is 10.2. The number of para-hydroxylation sites is 1. The molecular formula is C10H7ClFN. The Morgan fingerprint density at radius 3 is 2.85 bits per heavy atom. The van der Waals surface area contributed by atoms with Gasteiger partial charge in [-0.2, -0.15) is 4.39 Å². The van der Waals surface area contributed by atoms with Crippen LogP contribution in [0.3, 0.4) is 0 Å². The molecule has 3 heteroatoms. The molecule has 66 valence electrons. The molecule has 0 fully saturated rings. The summed E-state index contributed by atoms with van der Waals surface area (Å²) in [6.45, 7) is 0. The Balaban J connectivity index is 2.71. The van der Waals surface area contributed by atoms with Gasteiger partial charge in [0.25, 0.3) is 0 Å². The summed E-state index contributed by atoms with van der Waals surface area (Å²) < 4.78 is 14.5. The van der Waals surface area contributed by atoms with Gasteiger partial charge >= 0.3 is 0 Å². The average molecular weight is 196 g/mol. The summed E-state index contributed by atoms with van der Waals surface area (Å²) in [5.41, 5.74) is 1.74. The van der Waals surface area contributed by atoms with Gasteiger partial charge in [0.05, 0.1) is 11.1 Å². The minimum Gasteiger partial charge on any atom is -0.292 e. The first-order valence-corrected chi connectivity index (χ1v) is 4.29. The molecule has 0 saturated carbocycles. The Hall–Kier alpha value is -1.28. The summed E-state index contributed by atoms with van der Waals surface area (Å²) in [5.74, 6) is -0.470. The summed E-state index contributed by atoms with van der Waals surface area (Å²) in [6.07, 6.45) is 1.65. The molecule has 2 aromatic rings. The maximum atomic E-state index is 13.1. The highest BCUT2D eigenvalue weighted by molar-refractivity contribution is 6.27. The van der Waals surface area contributed by atoms with Gasteiger partial charge in [-0.1, -0.05) is 29.8 Å². The predicted octanol–water partition coefficient (Wildman–Crippen LogP) is 3.61. The van der Waals surface area contributed by atoms with Crippen molar-refractivity contribution in [1.29, 1.82) is 0 Å². The number of rotatable bonds is 1. The quantitative estimate of drug-likeness (QED) is 0.655. The molecule has 0 radical (unpaired) electrons. The van der Waals surface area contributed by atoms with Crippen molar-refractivity contribution in [2.24, 2.45) is 0 Å². The van der Waals surface area contributed by atoms with E-state index in [4.69, 9.17) is 11.6 Å². The zero-order valence-corrected chi connectivity index (χ0v) is 7.50. The Bertz CT molecular complexity index is 459. The highest BCUT2D eigenvalue weighted by Crippen LogP contribution is 2.20. The molecule has 1 heterocycles. The molecule has 1 aromatic carbocycles. The highest BCUT2D eigenvalue weighted by Gasteiger charge is 2.02. The Morgan fingerprint density at radius 1 is 1.31 bits per heavy atom. The van der Waals surface area contributed by atoms with Crippen molar-refractivity contribution in [3.05, 3.63) is 42.1 Å². The van der Waals surface area contributed by atoms with Crippen molar-refractivity contribution in [2.45, 2.75) is 0 Å². The standard InChI is InChI=1S/C10H7ClFN/c11-7-10(12)13-6-5-8-3-1-2-4-9(8)13/h1-7H/b10-7-. The second kappa shape index (κ2) is 3.23. The maximum absolute atomic E-state index is 13.1. The molecule has 0 spiro atoms. The van der Waals surface area contributed by atoms with Gasteiger partial charge in [-0.25, -0.2) is 0 Å². The SMILES string of the molecule is F/C(=C/Cl)n1ccc2ccccc21. The molecule has 0 bridgehead atoms. The Morgan fingerprint density at radius 2 is 2.08 bits per heavy atom. The Labute approximate surface area is 80.0 Å². The van der Waals surface area contributed by atoms with Crippen molar-refractivity contribution in [1.82, 2.24) is 4.57 Å². The summed E-state index contributed by atoms with van der Waals surface area (Å²) in [6, 6.07) is 9.38. The van der Waals surface area contributed by atoms with Crippen LogP contribution in [0.1, 0.15) is 0 Å². The lowest BCUT2D eigenvalue weighted by molar-refractivity contribution is 0.699. The van der Waals surface area contributed by atoms with Gasteiger partial charge in [0.15, 0.2) is 0 Å². The van der Waals surface area contributed by atoms with Gasteiger partial charge in [-0.3, -0.25) is 4.57 Å². The fourth-order valence-electron chi connectivity index (χ4n) is 1.32. The smallest absolute Gasteiger partial charge is 0.209 e. The van der Waals surface area contributed by atoms with Gasteiger partial charge in [-0.15, -0.1) is 0 Å². The second-order valence-electron chi connectivity index (χ2n) is 2.68. The van der Waals surface area contributed by atoms with Crippen molar-refractivity contribution >= 4 is 28.5 Å². The summed E-state index contributed by atoms with van der Waals surface area (Å²) in [7, 11) is 0. The fourth-order valence-corrected chi connectivity index (χ4v) is 1.43. The summed E-state index contributed by atoms with van der Waals surface area (Å²) >= 11 is 5.29. The van der Waals surface area contributed by atoms with E-state index in [0.717, 1.165) is 16.4 Å². The molecule has 0 N–H and O–H groups in total. The molecule has 0 unspecified atom stereocenters. The highest BCUT2D eigenvalue weighted by atomic mass is 35.5. The van der Waals surface area contributed by atoms with E-state index in [-0.39, 0.29) is 0 Å². The van der Waals surface area contributed by atoms with Gasteiger partial charge < -0.3 is 0 Å². The molecule has 0 aliphatic heterocycles. The average Bonchev–Trinajstić information content (AvgIpc) is 2.60. The van der Waals surface area contributed by atoms with Crippen LogP contribution in [0.15, 0.2) is 42.1 Å². The number of fused-ring (bicyclic) bond motifs is 1. The number of hydrogen-bond acceptors (Lipinski definition) is 0. The third-order valence-electron chi connectivity index (χ3n) is 1.92. The van der Waals surface area contributed by atoms with Gasteiger partial charge in [0.2, 0.25) is 5.95 Å². The van der Waals surface area contributed by atoms with E-state index in [0.29, 0.717) is 0 Å². The molecular weight excluding hydrogens is 189 g/mol. The minimum atomic E-state index is -0.470. The second-order valence-corrected chi connectivity index (χ2v) is 2.89. The van der Waals surface area contributed by atoms with Crippen LogP contribution in [0.25, 0.3) is 16.9 Å². The van der Waals surface area contributed by atoms with Gasteiger partial charge in [0.1, 0.15) is 0 Å². The molecule has 0 aliphatic carbocycles. The van der Waals surface area contributed by atoms with Crippen LogP contribution in [0.5, 0.6) is 0 Å². The molecule has 2 rings (SSSR count). The van der Waals surface area contributed by atoms with Crippen LogP contribution in [0.2, 0.25) is 0 Å². The maximum Gasteiger partial charge on any atom is 0.209 e. The third-order valence-corrected chi connectivity index (χ3v) is 2.10. The van der Waals surface area contributed by atoms with E-state index in [9.17, 15) is 4.39 Å². The lowest BCUT2D eigenvalue weighted by Crippen LogP contribution is -1.87. The molecule has 13 heavy (non-hydrogen) atoms. The van der Waals surface area contributed by atoms with Gasteiger partial charge in [-0.05, 0) is 12.1 Å². The van der Waals surface area contributed by atoms with Crippen molar-refractivity contribution in [2.75, 3.05) is 0 Å². The van der Waals surface area contributed by atoms with Crippen LogP contribution in [-0.4, -0.2) is 4.57 Å². The normalized spacial score (nSPS) is 12.3.